The minimum absolute atomic E-state index is 0.0475. The molecule has 0 radical (unpaired) electrons. The molecule has 0 aliphatic carbocycles. The van der Waals surface area contributed by atoms with E-state index in [1.165, 1.54) is 0 Å². The van der Waals surface area contributed by atoms with Gasteiger partial charge in [0.25, 0.3) is 0 Å². The second-order valence-corrected chi connectivity index (χ2v) is 6.33. The van der Waals surface area contributed by atoms with E-state index in [2.05, 4.69) is 0 Å². The summed E-state index contributed by atoms with van der Waals surface area (Å²) < 4.78 is 6.88. The molecule has 0 bridgehead atoms. The van der Waals surface area contributed by atoms with Gasteiger partial charge in [-0.1, -0.05) is 30.3 Å². The summed E-state index contributed by atoms with van der Waals surface area (Å²) >= 11 is 6.60. The monoisotopic (exact) mass is 338 g/mol. The predicted octanol–water partition coefficient (Wildman–Crippen LogP) is 2.18. The second kappa shape index (κ2) is 8.15. The van der Waals surface area contributed by atoms with Crippen LogP contribution in [0, 0.1) is 5.92 Å². The molecule has 1 heterocycles. The molecule has 1 aromatic rings. The smallest absolute Gasteiger partial charge is 0.376 e. The Labute approximate surface area is 143 Å². The molecule has 126 valence electrons. The third-order valence-corrected chi connectivity index (χ3v) is 4.95. The maximum absolute atomic E-state index is 12.3. The fourth-order valence-corrected chi connectivity index (χ4v) is 3.32. The van der Waals surface area contributed by atoms with E-state index >= 15 is 0 Å². The van der Waals surface area contributed by atoms with Crippen molar-refractivity contribution in [1.29, 1.82) is 0 Å². The van der Waals surface area contributed by atoms with E-state index in [1.54, 1.807) is 18.2 Å². The SMILES string of the molecule is CCOC(=O)[C@@H]1CN(B(C)O)C[C@H]1N(Cl)[C@H](C)c1ccccc1. The highest BCUT2D eigenvalue weighted by Gasteiger charge is 2.44. The molecule has 0 unspecified atom stereocenters. The van der Waals surface area contributed by atoms with E-state index in [4.69, 9.17) is 16.5 Å². The molecule has 1 aliphatic heterocycles. The van der Waals surface area contributed by atoms with Crippen molar-refractivity contribution < 1.29 is 14.6 Å². The van der Waals surface area contributed by atoms with Crippen LogP contribution >= 0.6 is 11.8 Å². The van der Waals surface area contributed by atoms with E-state index in [9.17, 15) is 9.82 Å². The number of halogens is 1. The Morgan fingerprint density at radius 2 is 2.13 bits per heavy atom. The zero-order valence-corrected chi connectivity index (χ0v) is 14.6. The van der Waals surface area contributed by atoms with Crippen molar-refractivity contribution in [2.75, 3.05) is 19.7 Å². The molecule has 0 spiro atoms. The van der Waals surface area contributed by atoms with E-state index in [0.29, 0.717) is 19.7 Å². The number of rotatable bonds is 6. The van der Waals surface area contributed by atoms with Crippen LogP contribution in [0.3, 0.4) is 0 Å². The zero-order chi connectivity index (χ0) is 17.0. The lowest BCUT2D eigenvalue weighted by molar-refractivity contribution is -0.148. The Morgan fingerprint density at radius 3 is 2.70 bits per heavy atom. The predicted molar refractivity (Wildman–Crippen MR) is 91.9 cm³/mol. The highest BCUT2D eigenvalue weighted by Crippen LogP contribution is 2.32. The number of carbonyl (C=O) groups is 1. The highest BCUT2D eigenvalue weighted by molar-refractivity contribution is 6.45. The molecule has 1 saturated heterocycles. The molecule has 23 heavy (non-hydrogen) atoms. The first-order valence-corrected chi connectivity index (χ1v) is 8.37. The van der Waals surface area contributed by atoms with Crippen molar-refractivity contribution in [1.82, 2.24) is 9.23 Å². The summed E-state index contributed by atoms with van der Waals surface area (Å²) in [6, 6.07) is 9.67. The summed E-state index contributed by atoms with van der Waals surface area (Å²) in [4.78, 5) is 14.1. The van der Waals surface area contributed by atoms with Gasteiger partial charge in [-0.15, -0.1) is 0 Å². The molecular formula is C16H24BClN2O3. The third-order valence-electron chi connectivity index (χ3n) is 4.40. The van der Waals surface area contributed by atoms with Gasteiger partial charge in [-0.2, -0.15) is 0 Å². The molecule has 7 heteroatoms. The topological polar surface area (TPSA) is 53.0 Å². The standard InChI is InChI=1S/C16H24BClN2O3/c1-4-23-16(21)14-10-19(17(3)22)11-15(14)20(18)12(2)13-8-6-5-7-9-13/h5-9,12,14-15,22H,4,10-11H2,1-3H3/t12-,14-,15-/m1/s1. The molecule has 1 N–H and O–H groups in total. The minimum atomic E-state index is -0.617. The number of hydrogen-bond acceptors (Lipinski definition) is 5. The molecular weight excluding hydrogens is 314 g/mol. The summed E-state index contributed by atoms with van der Waals surface area (Å²) in [5.74, 6) is -0.625. The van der Waals surface area contributed by atoms with Crippen molar-refractivity contribution in [3.8, 4) is 0 Å². The number of nitrogens with zero attached hydrogens (tertiary/aromatic N) is 2. The van der Waals surface area contributed by atoms with Crippen molar-refractivity contribution in [2.45, 2.75) is 32.8 Å². The molecule has 3 atom stereocenters. The van der Waals surface area contributed by atoms with Crippen LogP contribution in [0.5, 0.6) is 0 Å². The number of hydrogen-bond donors (Lipinski definition) is 1. The number of carbonyl (C=O) groups excluding carboxylic acids is 1. The van der Waals surface area contributed by atoms with Crippen LogP contribution in [0.25, 0.3) is 0 Å². The molecule has 2 rings (SSSR count). The lowest BCUT2D eigenvalue weighted by Crippen LogP contribution is -2.40. The van der Waals surface area contributed by atoms with Gasteiger partial charge < -0.3 is 14.6 Å². The number of ether oxygens (including phenoxy) is 1. The van der Waals surface area contributed by atoms with Crippen molar-refractivity contribution >= 4 is 24.8 Å². The Bertz CT molecular complexity index is 517. The van der Waals surface area contributed by atoms with Gasteiger partial charge in [0.1, 0.15) is 0 Å². The third kappa shape index (κ3) is 4.26. The fraction of sp³-hybridized carbons (Fsp3) is 0.562. The Hall–Kier alpha value is -1.08. The van der Waals surface area contributed by atoms with Gasteiger partial charge in [-0.05, 0) is 38.0 Å². The first kappa shape index (κ1) is 18.3. The highest BCUT2D eigenvalue weighted by atomic mass is 35.5. The fourth-order valence-electron chi connectivity index (χ4n) is 3.01. The van der Waals surface area contributed by atoms with Crippen molar-refractivity contribution in [2.24, 2.45) is 5.92 Å². The first-order chi connectivity index (χ1) is 11.0. The summed E-state index contributed by atoms with van der Waals surface area (Å²) in [7, 11) is -0.617. The van der Waals surface area contributed by atoms with Gasteiger partial charge in [-0.3, -0.25) is 4.79 Å². The molecule has 0 saturated carbocycles. The maximum atomic E-state index is 12.3. The quantitative estimate of drug-likeness (QED) is 0.489. The van der Waals surface area contributed by atoms with Crippen LogP contribution in [0.15, 0.2) is 30.3 Å². The number of esters is 1. The average molecular weight is 339 g/mol. The summed E-state index contributed by atoms with van der Waals surface area (Å²) in [5.41, 5.74) is 1.08. The number of benzene rings is 1. The van der Waals surface area contributed by atoms with Gasteiger partial charge in [0.05, 0.1) is 18.6 Å². The van der Waals surface area contributed by atoms with E-state index < -0.39 is 7.05 Å². The van der Waals surface area contributed by atoms with Crippen LogP contribution in [-0.2, 0) is 9.53 Å². The van der Waals surface area contributed by atoms with Crippen LogP contribution in [0.1, 0.15) is 25.5 Å². The zero-order valence-electron chi connectivity index (χ0n) is 13.9. The largest absolute Gasteiger partial charge is 0.466 e. The van der Waals surface area contributed by atoms with Gasteiger partial charge in [0.15, 0.2) is 0 Å². The molecule has 1 fully saturated rings. The normalized spacial score (nSPS) is 23.0. The summed E-state index contributed by atoms with van der Waals surface area (Å²) in [6.07, 6.45) is 0. The Kier molecular flexibility index (Phi) is 6.47. The lowest BCUT2D eigenvalue weighted by Gasteiger charge is -2.30. The average Bonchev–Trinajstić information content (AvgIpc) is 3.00. The van der Waals surface area contributed by atoms with Crippen LogP contribution in [0.4, 0.5) is 0 Å². The van der Waals surface area contributed by atoms with Crippen molar-refractivity contribution in [3.05, 3.63) is 35.9 Å². The van der Waals surface area contributed by atoms with Gasteiger partial charge in [0.2, 0.25) is 0 Å². The van der Waals surface area contributed by atoms with E-state index in [1.807, 2.05) is 42.1 Å². The molecule has 0 aromatic heterocycles. The molecule has 1 aliphatic rings. The Morgan fingerprint density at radius 1 is 1.48 bits per heavy atom. The van der Waals surface area contributed by atoms with Crippen LogP contribution in [-0.4, -0.2) is 53.0 Å². The summed E-state index contributed by atoms with van der Waals surface area (Å²) in [6.45, 7) is 6.82. The van der Waals surface area contributed by atoms with E-state index in [0.717, 1.165) is 5.56 Å². The molecule has 0 amide bonds. The lowest BCUT2D eigenvalue weighted by atomic mass is 9.86. The first-order valence-electron chi connectivity index (χ1n) is 8.03. The summed E-state index contributed by atoms with van der Waals surface area (Å²) in [5, 5.41) is 9.85. The van der Waals surface area contributed by atoms with Crippen LogP contribution in [0.2, 0.25) is 6.82 Å². The van der Waals surface area contributed by atoms with Gasteiger partial charge in [-0.25, -0.2) is 4.42 Å². The van der Waals surface area contributed by atoms with Crippen LogP contribution < -0.4 is 0 Å². The molecule has 1 aromatic carbocycles. The van der Waals surface area contributed by atoms with Gasteiger partial charge >= 0.3 is 13.0 Å². The maximum Gasteiger partial charge on any atom is 0.376 e. The van der Waals surface area contributed by atoms with Gasteiger partial charge in [0, 0.05) is 19.1 Å². The Balaban J connectivity index is 2.17. The van der Waals surface area contributed by atoms with E-state index in [-0.39, 0.29) is 24.0 Å². The minimum Gasteiger partial charge on any atom is -0.466 e. The van der Waals surface area contributed by atoms with Crippen molar-refractivity contribution in [3.63, 3.8) is 0 Å². The molecule has 5 nitrogen and oxygen atoms in total. The second-order valence-electron chi connectivity index (χ2n) is 5.94.